The molecule has 24 heavy (non-hydrogen) atoms. The first kappa shape index (κ1) is 16.2. The molecule has 124 valence electrons. The number of nitrogens with one attached hydrogen (secondary N) is 1. The van der Waals surface area contributed by atoms with Crippen LogP contribution in [0.2, 0.25) is 0 Å². The van der Waals surface area contributed by atoms with Crippen molar-refractivity contribution in [1.29, 1.82) is 0 Å². The van der Waals surface area contributed by atoms with E-state index in [2.05, 4.69) is 15.3 Å². The number of fused-ring (bicyclic) bond motifs is 1. The maximum atomic E-state index is 12.6. The van der Waals surface area contributed by atoms with Gasteiger partial charge in [0.1, 0.15) is 16.9 Å². The summed E-state index contributed by atoms with van der Waals surface area (Å²) in [5, 5.41) is 3.68. The van der Waals surface area contributed by atoms with Crippen molar-refractivity contribution in [1.82, 2.24) is 9.97 Å². The zero-order valence-corrected chi connectivity index (χ0v) is 14.4. The number of hydrogen-bond acceptors (Lipinski definition) is 6. The van der Waals surface area contributed by atoms with Gasteiger partial charge in [0.05, 0.1) is 24.0 Å². The molecule has 0 aliphatic heterocycles. The predicted molar refractivity (Wildman–Crippen MR) is 94.3 cm³/mol. The van der Waals surface area contributed by atoms with Gasteiger partial charge < -0.3 is 14.8 Å². The fourth-order valence-electron chi connectivity index (χ4n) is 2.39. The van der Waals surface area contributed by atoms with Gasteiger partial charge in [-0.05, 0) is 31.5 Å². The Labute approximate surface area is 143 Å². The van der Waals surface area contributed by atoms with E-state index in [0.29, 0.717) is 28.8 Å². The van der Waals surface area contributed by atoms with Crippen molar-refractivity contribution < 1.29 is 14.3 Å². The Balaban J connectivity index is 1.95. The van der Waals surface area contributed by atoms with Crippen molar-refractivity contribution in [2.24, 2.45) is 0 Å². The minimum Gasteiger partial charge on any atom is -0.497 e. The minimum absolute atomic E-state index is 0.189. The van der Waals surface area contributed by atoms with Gasteiger partial charge in [0, 0.05) is 11.8 Å². The molecule has 6 nitrogen and oxygen atoms in total. The van der Waals surface area contributed by atoms with Gasteiger partial charge >= 0.3 is 0 Å². The number of rotatable bonds is 5. The lowest BCUT2D eigenvalue weighted by Gasteiger charge is -2.06. The van der Waals surface area contributed by atoms with E-state index in [1.165, 1.54) is 17.7 Å². The van der Waals surface area contributed by atoms with E-state index < -0.39 is 0 Å². The van der Waals surface area contributed by atoms with E-state index in [4.69, 9.17) is 9.47 Å². The second kappa shape index (κ2) is 6.84. The highest BCUT2D eigenvalue weighted by Crippen LogP contribution is 2.34. The third-order valence-electron chi connectivity index (χ3n) is 3.51. The van der Waals surface area contributed by atoms with Crippen molar-refractivity contribution in [3.63, 3.8) is 0 Å². The van der Waals surface area contributed by atoms with Crippen molar-refractivity contribution in [3.8, 4) is 11.6 Å². The molecule has 2 heterocycles. The Morgan fingerprint density at radius 2 is 2.17 bits per heavy atom. The summed E-state index contributed by atoms with van der Waals surface area (Å²) < 4.78 is 10.7. The Morgan fingerprint density at radius 3 is 2.92 bits per heavy atom. The molecular formula is C17H17N3O3S. The average molecular weight is 343 g/mol. The van der Waals surface area contributed by atoms with Gasteiger partial charge in [-0.3, -0.25) is 4.79 Å². The van der Waals surface area contributed by atoms with Crippen LogP contribution in [0.1, 0.15) is 22.2 Å². The second-order valence-corrected chi connectivity index (χ2v) is 6.03. The second-order valence-electron chi connectivity index (χ2n) is 5.03. The van der Waals surface area contributed by atoms with Crippen molar-refractivity contribution in [3.05, 3.63) is 41.0 Å². The number of carbonyl (C=O) groups is 1. The van der Waals surface area contributed by atoms with E-state index >= 15 is 0 Å². The molecule has 0 fully saturated rings. The molecule has 0 unspecified atom stereocenters. The van der Waals surface area contributed by atoms with Crippen LogP contribution < -0.4 is 14.8 Å². The molecule has 1 aromatic carbocycles. The number of hydrogen-bond donors (Lipinski definition) is 1. The van der Waals surface area contributed by atoms with Crippen LogP contribution in [0.4, 0.5) is 5.69 Å². The molecule has 0 spiro atoms. The number of ether oxygens (including phenoxy) is 2. The van der Waals surface area contributed by atoms with Gasteiger partial charge in [-0.15, -0.1) is 11.3 Å². The summed E-state index contributed by atoms with van der Waals surface area (Å²) in [4.78, 5) is 22.4. The molecule has 0 saturated carbocycles. The molecule has 0 aliphatic rings. The quantitative estimate of drug-likeness (QED) is 0.765. The number of benzene rings is 1. The van der Waals surface area contributed by atoms with Crippen LogP contribution in [0.5, 0.6) is 11.6 Å². The average Bonchev–Trinajstić information content (AvgIpc) is 2.93. The number of nitrogens with zero attached hydrogens (tertiary/aromatic N) is 2. The molecule has 3 aromatic rings. The Hall–Kier alpha value is -2.67. The van der Waals surface area contributed by atoms with Crippen LogP contribution in [-0.4, -0.2) is 29.6 Å². The van der Waals surface area contributed by atoms with Crippen LogP contribution in [0.3, 0.4) is 0 Å². The van der Waals surface area contributed by atoms with E-state index in [1.807, 2.05) is 32.0 Å². The number of methoxy groups -OCH3 is 1. The Kier molecular flexibility index (Phi) is 4.61. The number of anilines is 1. The Bertz CT molecular complexity index is 892. The molecule has 0 saturated heterocycles. The van der Waals surface area contributed by atoms with E-state index in [9.17, 15) is 4.79 Å². The third kappa shape index (κ3) is 3.03. The topological polar surface area (TPSA) is 73.3 Å². The zero-order valence-electron chi connectivity index (χ0n) is 13.6. The fraction of sp³-hybridized carbons (Fsp3) is 0.235. The number of aryl methyl sites for hydroxylation is 1. The summed E-state index contributed by atoms with van der Waals surface area (Å²) in [5.41, 5.74) is 1.49. The zero-order chi connectivity index (χ0) is 17.1. The van der Waals surface area contributed by atoms with Crippen LogP contribution in [0.25, 0.3) is 10.2 Å². The molecular weight excluding hydrogens is 326 g/mol. The predicted octanol–water partition coefficient (Wildman–Crippen LogP) is 3.66. The molecule has 2 aromatic heterocycles. The molecule has 0 radical (unpaired) electrons. The summed E-state index contributed by atoms with van der Waals surface area (Å²) in [7, 11) is 1.59. The van der Waals surface area contributed by atoms with Gasteiger partial charge in [0.2, 0.25) is 5.88 Å². The van der Waals surface area contributed by atoms with Crippen molar-refractivity contribution in [2.75, 3.05) is 19.0 Å². The lowest BCUT2D eigenvalue weighted by molar-refractivity contribution is 0.103. The number of carbonyl (C=O) groups excluding carboxylic acids is 1. The van der Waals surface area contributed by atoms with Gasteiger partial charge in [-0.25, -0.2) is 9.97 Å². The number of aromatic nitrogens is 2. The highest BCUT2D eigenvalue weighted by Gasteiger charge is 2.20. The molecule has 0 aliphatic carbocycles. The lowest BCUT2D eigenvalue weighted by Crippen LogP contribution is -2.11. The van der Waals surface area contributed by atoms with Gasteiger partial charge in [0.15, 0.2) is 0 Å². The summed E-state index contributed by atoms with van der Waals surface area (Å²) >= 11 is 1.33. The highest BCUT2D eigenvalue weighted by molar-refractivity contribution is 7.20. The van der Waals surface area contributed by atoms with Crippen LogP contribution in [0.15, 0.2) is 30.6 Å². The summed E-state index contributed by atoms with van der Waals surface area (Å²) in [5.74, 6) is 1.01. The molecule has 1 N–H and O–H groups in total. The van der Waals surface area contributed by atoms with Crippen molar-refractivity contribution in [2.45, 2.75) is 13.8 Å². The van der Waals surface area contributed by atoms with E-state index in [0.717, 1.165) is 15.8 Å². The van der Waals surface area contributed by atoms with Gasteiger partial charge in [-0.1, -0.05) is 6.07 Å². The number of amides is 1. The van der Waals surface area contributed by atoms with Crippen LogP contribution in [0, 0.1) is 6.92 Å². The lowest BCUT2D eigenvalue weighted by atomic mass is 10.2. The normalized spacial score (nSPS) is 10.6. The van der Waals surface area contributed by atoms with Crippen molar-refractivity contribution >= 4 is 33.1 Å². The maximum Gasteiger partial charge on any atom is 0.266 e. The SMILES string of the molecule is CCOc1ncnc2sc(C(=O)Nc3cccc(OC)c3)c(C)c12. The third-order valence-corrected chi connectivity index (χ3v) is 4.71. The standard InChI is InChI=1S/C17H17N3O3S/c1-4-23-16-13-10(2)14(24-17(13)19-9-18-16)15(21)20-11-6-5-7-12(8-11)22-3/h5-9H,4H2,1-3H3,(H,20,21). The molecule has 0 bridgehead atoms. The van der Waals surface area contributed by atoms with Crippen LogP contribution in [-0.2, 0) is 0 Å². The van der Waals surface area contributed by atoms with Gasteiger partial charge in [-0.2, -0.15) is 0 Å². The van der Waals surface area contributed by atoms with Gasteiger partial charge in [0.25, 0.3) is 5.91 Å². The summed E-state index contributed by atoms with van der Waals surface area (Å²) in [6.07, 6.45) is 1.45. The minimum atomic E-state index is -0.189. The maximum absolute atomic E-state index is 12.6. The largest absolute Gasteiger partial charge is 0.497 e. The summed E-state index contributed by atoms with van der Waals surface area (Å²) in [6.45, 7) is 4.28. The van der Waals surface area contributed by atoms with Crippen LogP contribution >= 0.6 is 11.3 Å². The fourth-order valence-corrected chi connectivity index (χ4v) is 3.43. The monoisotopic (exact) mass is 343 g/mol. The molecule has 0 atom stereocenters. The first-order valence-electron chi connectivity index (χ1n) is 7.46. The summed E-state index contributed by atoms with van der Waals surface area (Å²) in [6, 6.07) is 7.23. The molecule has 3 rings (SSSR count). The highest BCUT2D eigenvalue weighted by atomic mass is 32.1. The van der Waals surface area contributed by atoms with E-state index in [-0.39, 0.29) is 5.91 Å². The first-order chi connectivity index (χ1) is 11.6. The molecule has 7 heteroatoms. The van der Waals surface area contributed by atoms with E-state index in [1.54, 1.807) is 13.2 Å². The Morgan fingerprint density at radius 1 is 1.33 bits per heavy atom. The smallest absolute Gasteiger partial charge is 0.266 e. The number of thiophene rings is 1. The first-order valence-corrected chi connectivity index (χ1v) is 8.28. The molecule has 1 amide bonds.